The monoisotopic (exact) mass is 164 g/mol. The minimum Gasteiger partial charge on any atom is -0.382 e. The maximum atomic E-state index is 5.72. The van der Waals surface area contributed by atoms with E-state index in [0.29, 0.717) is 5.88 Å². The second kappa shape index (κ2) is 4.97. The molecule has 0 unspecified atom stereocenters. The summed E-state index contributed by atoms with van der Waals surface area (Å²) >= 11 is 5.72. The number of hydrogen-bond acceptors (Lipinski definition) is 1. The Bertz CT molecular complexity index is 81.3. The number of hydrogen-bond donors (Lipinski definition) is 0. The van der Waals surface area contributed by atoms with Gasteiger partial charge in [-0.3, -0.25) is 0 Å². The third-order valence-electron chi connectivity index (χ3n) is 1.49. The van der Waals surface area contributed by atoms with Crippen LogP contribution in [0, 0.1) is 5.41 Å². The van der Waals surface area contributed by atoms with Gasteiger partial charge < -0.3 is 4.74 Å². The molecule has 0 saturated carbocycles. The smallest absolute Gasteiger partial charge is 0.0471 e. The van der Waals surface area contributed by atoms with Crippen LogP contribution in [0.3, 0.4) is 0 Å². The van der Waals surface area contributed by atoms with Gasteiger partial charge in [-0.05, 0) is 18.8 Å². The van der Waals surface area contributed by atoms with Gasteiger partial charge in [0.05, 0.1) is 0 Å². The number of ether oxygens (including phenoxy) is 1. The SMILES string of the molecule is CCOCCC(C)(C)CCl. The number of alkyl halides is 1. The van der Waals surface area contributed by atoms with Crippen molar-refractivity contribution in [2.75, 3.05) is 19.1 Å². The summed E-state index contributed by atoms with van der Waals surface area (Å²) < 4.78 is 5.21. The van der Waals surface area contributed by atoms with E-state index in [1.165, 1.54) is 0 Å². The zero-order valence-corrected chi connectivity index (χ0v) is 7.87. The average molecular weight is 165 g/mol. The normalized spacial score (nSPS) is 12.0. The summed E-state index contributed by atoms with van der Waals surface area (Å²) in [6.45, 7) is 7.94. The quantitative estimate of drug-likeness (QED) is 0.449. The molecule has 0 aromatic rings. The van der Waals surface area contributed by atoms with Crippen molar-refractivity contribution in [3.8, 4) is 0 Å². The Morgan fingerprint density at radius 2 is 2.00 bits per heavy atom. The fourth-order valence-electron chi connectivity index (χ4n) is 0.560. The zero-order valence-electron chi connectivity index (χ0n) is 7.11. The minimum absolute atomic E-state index is 0.233. The van der Waals surface area contributed by atoms with Crippen molar-refractivity contribution in [3.63, 3.8) is 0 Å². The lowest BCUT2D eigenvalue weighted by Gasteiger charge is -2.20. The van der Waals surface area contributed by atoms with E-state index in [4.69, 9.17) is 16.3 Å². The predicted molar refractivity (Wildman–Crippen MR) is 45.6 cm³/mol. The van der Waals surface area contributed by atoms with Crippen LogP contribution >= 0.6 is 11.6 Å². The highest BCUT2D eigenvalue weighted by atomic mass is 35.5. The van der Waals surface area contributed by atoms with Gasteiger partial charge in [-0.1, -0.05) is 13.8 Å². The molecule has 0 aromatic carbocycles. The van der Waals surface area contributed by atoms with Crippen LogP contribution in [0.5, 0.6) is 0 Å². The maximum Gasteiger partial charge on any atom is 0.0471 e. The molecule has 0 heterocycles. The van der Waals surface area contributed by atoms with E-state index in [-0.39, 0.29) is 5.41 Å². The Labute approximate surface area is 68.7 Å². The molecule has 0 amide bonds. The summed E-state index contributed by atoms with van der Waals surface area (Å²) in [6.07, 6.45) is 1.05. The highest BCUT2D eigenvalue weighted by Crippen LogP contribution is 2.21. The van der Waals surface area contributed by atoms with Gasteiger partial charge >= 0.3 is 0 Å². The molecular formula is C8H17ClO. The summed E-state index contributed by atoms with van der Waals surface area (Å²) in [5.74, 6) is 0.708. The molecule has 62 valence electrons. The van der Waals surface area contributed by atoms with E-state index in [0.717, 1.165) is 19.6 Å². The number of halogens is 1. The molecule has 0 aromatic heterocycles. The first-order valence-corrected chi connectivity index (χ1v) is 4.29. The fraction of sp³-hybridized carbons (Fsp3) is 1.00. The van der Waals surface area contributed by atoms with Crippen molar-refractivity contribution in [1.29, 1.82) is 0 Å². The standard InChI is InChI=1S/C8H17ClO/c1-4-10-6-5-8(2,3)7-9/h4-7H2,1-3H3. The van der Waals surface area contributed by atoms with Crippen molar-refractivity contribution >= 4 is 11.6 Å². The van der Waals surface area contributed by atoms with Gasteiger partial charge in [-0.2, -0.15) is 0 Å². The molecule has 0 rings (SSSR count). The third kappa shape index (κ3) is 5.07. The largest absolute Gasteiger partial charge is 0.382 e. The summed E-state index contributed by atoms with van der Waals surface area (Å²) in [7, 11) is 0. The molecular weight excluding hydrogens is 148 g/mol. The van der Waals surface area contributed by atoms with Crippen LogP contribution in [-0.2, 0) is 4.74 Å². The molecule has 0 saturated heterocycles. The van der Waals surface area contributed by atoms with Gasteiger partial charge in [0.15, 0.2) is 0 Å². The van der Waals surface area contributed by atoms with E-state index in [2.05, 4.69) is 13.8 Å². The fourth-order valence-corrected chi connectivity index (χ4v) is 0.693. The second-order valence-electron chi connectivity index (χ2n) is 3.24. The molecule has 0 atom stereocenters. The topological polar surface area (TPSA) is 9.23 Å². The van der Waals surface area contributed by atoms with E-state index in [1.807, 2.05) is 6.92 Å². The van der Waals surface area contributed by atoms with Gasteiger partial charge in [-0.15, -0.1) is 11.6 Å². The van der Waals surface area contributed by atoms with Crippen LogP contribution in [0.15, 0.2) is 0 Å². The van der Waals surface area contributed by atoms with Gasteiger partial charge in [0.2, 0.25) is 0 Å². The molecule has 2 heteroatoms. The Balaban J connectivity index is 3.28. The third-order valence-corrected chi connectivity index (χ3v) is 2.21. The maximum absolute atomic E-state index is 5.72. The van der Waals surface area contributed by atoms with Crippen molar-refractivity contribution in [3.05, 3.63) is 0 Å². The molecule has 0 spiro atoms. The summed E-state index contributed by atoms with van der Waals surface area (Å²) in [5, 5.41) is 0. The minimum atomic E-state index is 0.233. The van der Waals surface area contributed by atoms with Gasteiger partial charge in [-0.25, -0.2) is 0 Å². The zero-order chi connectivity index (χ0) is 8.04. The molecule has 0 N–H and O–H groups in total. The lowest BCUT2D eigenvalue weighted by molar-refractivity contribution is 0.120. The van der Waals surface area contributed by atoms with Crippen LogP contribution in [-0.4, -0.2) is 19.1 Å². The summed E-state index contributed by atoms with van der Waals surface area (Å²) in [4.78, 5) is 0. The molecule has 0 fully saturated rings. The van der Waals surface area contributed by atoms with E-state index in [9.17, 15) is 0 Å². The van der Waals surface area contributed by atoms with Crippen LogP contribution in [0.2, 0.25) is 0 Å². The molecule has 0 radical (unpaired) electrons. The highest BCUT2D eigenvalue weighted by molar-refractivity contribution is 6.18. The lowest BCUT2D eigenvalue weighted by Crippen LogP contribution is -2.16. The summed E-state index contributed by atoms with van der Waals surface area (Å²) in [5.41, 5.74) is 0.233. The Morgan fingerprint density at radius 1 is 1.40 bits per heavy atom. The second-order valence-corrected chi connectivity index (χ2v) is 3.51. The predicted octanol–water partition coefficient (Wildman–Crippen LogP) is 2.68. The Morgan fingerprint density at radius 3 is 2.40 bits per heavy atom. The number of rotatable bonds is 5. The first-order chi connectivity index (χ1) is 4.62. The van der Waals surface area contributed by atoms with E-state index < -0.39 is 0 Å². The van der Waals surface area contributed by atoms with Crippen molar-refractivity contribution < 1.29 is 4.74 Å². The molecule has 0 aliphatic carbocycles. The van der Waals surface area contributed by atoms with Gasteiger partial charge in [0, 0.05) is 19.1 Å². The molecule has 0 aliphatic heterocycles. The van der Waals surface area contributed by atoms with Gasteiger partial charge in [0.1, 0.15) is 0 Å². The highest BCUT2D eigenvalue weighted by Gasteiger charge is 2.15. The Hall–Kier alpha value is 0.250. The van der Waals surface area contributed by atoms with Crippen molar-refractivity contribution in [1.82, 2.24) is 0 Å². The van der Waals surface area contributed by atoms with Crippen LogP contribution < -0.4 is 0 Å². The van der Waals surface area contributed by atoms with Crippen LogP contribution in [0.1, 0.15) is 27.2 Å². The lowest BCUT2D eigenvalue weighted by atomic mass is 9.93. The van der Waals surface area contributed by atoms with Crippen molar-refractivity contribution in [2.24, 2.45) is 5.41 Å². The average Bonchev–Trinajstić information content (AvgIpc) is 1.89. The van der Waals surface area contributed by atoms with E-state index in [1.54, 1.807) is 0 Å². The van der Waals surface area contributed by atoms with Crippen LogP contribution in [0.25, 0.3) is 0 Å². The Kier molecular flexibility index (Phi) is 5.10. The summed E-state index contributed by atoms with van der Waals surface area (Å²) in [6, 6.07) is 0. The van der Waals surface area contributed by atoms with Gasteiger partial charge in [0.25, 0.3) is 0 Å². The first kappa shape index (κ1) is 10.2. The van der Waals surface area contributed by atoms with Crippen molar-refractivity contribution in [2.45, 2.75) is 27.2 Å². The van der Waals surface area contributed by atoms with Crippen LogP contribution in [0.4, 0.5) is 0 Å². The molecule has 1 nitrogen and oxygen atoms in total. The molecule has 0 aliphatic rings. The molecule has 10 heavy (non-hydrogen) atoms. The molecule has 0 bridgehead atoms. The van der Waals surface area contributed by atoms with E-state index >= 15 is 0 Å². The first-order valence-electron chi connectivity index (χ1n) is 3.76.